The van der Waals surface area contributed by atoms with Crippen molar-refractivity contribution in [3.05, 3.63) is 53.0 Å². The van der Waals surface area contributed by atoms with Crippen molar-refractivity contribution in [3.8, 4) is 5.88 Å². The van der Waals surface area contributed by atoms with Crippen molar-refractivity contribution < 1.29 is 14.2 Å². The topological polar surface area (TPSA) is 55.2 Å². The fourth-order valence-corrected chi connectivity index (χ4v) is 3.06. The smallest absolute Gasteiger partial charge is 0.238 e. The van der Waals surface area contributed by atoms with Gasteiger partial charge >= 0.3 is 0 Å². The predicted molar refractivity (Wildman–Crippen MR) is 74.4 cm³/mol. The van der Waals surface area contributed by atoms with Crippen LogP contribution in [0.5, 0.6) is 5.88 Å². The molecule has 6 heteroatoms. The molecule has 0 saturated carbocycles. The zero-order valence-corrected chi connectivity index (χ0v) is 11.4. The molecular weight excluding hydrogens is 279 g/mol. The van der Waals surface area contributed by atoms with E-state index in [1.807, 2.05) is 6.07 Å². The number of aromatic nitrogens is 2. The minimum Gasteiger partial charge on any atom is -0.480 e. The summed E-state index contributed by atoms with van der Waals surface area (Å²) >= 11 is 1.32. The van der Waals surface area contributed by atoms with Gasteiger partial charge in [0.25, 0.3) is 0 Å². The second kappa shape index (κ2) is 5.15. The van der Waals surface area contributed by atoms with E-state index in [9.17, 15) is 9.50 Å². The summed E-state index contributed by atoms with van der Waals surface area (Å²) in [7, 11) is 1.47. The number of benzene rings is 1. The number of nitrogens with zero attached hydrogens (tertiary/aromatic N) is 2. The second-order valence-electron chi connectivity index (χ2n) is 4.18. The summed E-state index contributed by atoms with van der Waals surface area (Å²) in [5.41, 5.74) is 0.349. The van der Waals surface area contributed by atoms with Crippen molar-refractivity contribution in [2.24, 2.45) is 0 Å². The van der Waals surface area contributed by atoms with Crippen molar-refractivity contribution in [1.29, 1.82) is 0 Å². The Hall–Kier alpha value is -2.05. The molecule has 1 atom stereocenters. The van der Waals surface area contributed by atoms with Gasteiger partial charge in [0.05, 0.1) is 7.11 Å². The van der Waals surface area contributed by atoms with Crippen molar-refractivity contribution in [2.45, 2.75) is 6.10 Å². The highest BCUT2D eigenvalue weighted by Crippen LogP contribution is 2.34. The fraction of sp³-hybridized carbons (Fsp3) is 0.143. The Morgan fingerprint density at radius 1 is 1.25 bits per heavy atom. The molecule has 3 aromatic rings. The Labute approximate surface area is 118 Å². The highest BCUT2D eigenvalue weighted by molar-refractivity contribution is 7.19. The number of ether oxygens (including phenoxy) is 1. The molecule has 0 aliphatic heterocycles. The van der Waals surface area contributed by atoms with Crippen LogP contribution in [0, 0.1) is 5.82 Å². The van der Waals surface area contributed by atoms with Gasteiger partial charge in [0, 0.05) is 22.0 Å². The molecule has 2 heterocycles. The Morgan fingerprint density at radius 2 is 2.05 bits per heavy atom. The highest BCUT2D eigenvalue weighted by Gasteiger charge is 2.20. The Bertz CT molecular complexity index is 760. The van der Waals surface area contributed by atoms with Crippen LogP contribution in [-0.4, -0.2) is 22.2 Å². The van der Waals surface area contributed by atoms with Crippen LogP contribution in [0.25, 0.3) is 10.1 Å². The monoisotopic (exact) mass is 290 g/mol. The molecule has 0 aliphatic rings. The van der Waals surface area contributed by atoms with Gasteiger partial charge in [-0.25, -0.2) is 9.37 Å². The molecule has 4 nitrogen and oxygen atoms in total. The van der Waals surface area contributed by atoms with Crippen molar-refractivity contribution >= 4 is 21.4 Å². The summed E-state index contributed by atoms with van der Waals surface area (Å²) in [5.74, 6) is -0.0129. The second-order valence-corrected chi connectivity index (χ2v) is 5.30. The van der Waals surface area contributed by atoms with Crippen LogP contribution in [0.15, 0.2) is 36.7 Å². The van der Waals surface area contributed by atoms with E-state index in [0.29, 0.717) is 10.6 Å². The third kappa shape index (κ3) is 2.23. The molecule has 0 amide bonds. The van der Waals surface area contributed by atoms with Gasteiger partial charge in [0.2, 0.25) is 5.88 Å². The maximum Gasteiger partial charge on any atom is 0.238 e. The van der Waals surface area contributed by atoms with Crippen LogP contribution >= 0.6 is 11.3 Å². The molecule has 0 spiro atoms. The van der Waals surface area contributed by atoms with Gasteiger partial charge < -0.3 is 9.84 Å². The van der Waals surface area contributed by atoms with E-state index in [1.54, 1.807) is 6.07 Å². The first kappa shape index (κ1) is 13.0. The minimum atomic E-state index is -0.945. The Balaban J connectivity index is 2.05. The third-order valence-electron chi connectivity index (χ3n) is 2.91. The summed E-state index contributed by atoms with van der Waals surface area (Å²) < 4.78 is 19.1. The highest BCUT2D eigenvalue weighted by atomic mass is 32.1. The van der Waals surface area contributed by atoms with Crippen LogP contribution in [-0.2, 0) is 0 Å². The van der Waals surface area contributed by atoms with Gasteiger partial charge in [-0.05, 0) is 23.6 Å². The predicted octanol–water partition coefficient (Wildman–Crippen LogP) is 2.92. The van der Waals surface area contributed by atoms with Gasteiger partial charge in [-0.1, -0.05) is 6.07 Å². The zero-order chi connectivity index (χ0) is 14.1. The lowest BCUT2D eigenvalue weighted by Crippen LogP contribution is -2.04. The summed E-state index contributed by atoms with van der Waals surface area (Å²) in [6, 6.07) is 6.35. The van der Waals surface area contributed by atoms with E-state index in [4.69, 9.17) is 4.74 Å². The molecule has 1 N–H and O–H groups in total. The van der Waals surface area contributed by atoms with Crippen molar-refractivity contribution in [1.82, 2.24) is 9.97 Å². The largest absolute Gasteiger partial charge is 0.480 e. The van der Waals surface area contributed by atoms with Crippen molar-refractivity contribution in [3.63, 3.8) is 0 Å². The van der Waals surface area contributed by atoms with E-state index in [1.165, 1.54) is 43.0 Å². The first-order chi connectivity index (χ1) is 9.69. The molecule has 102 valence electrons. The first-order valence-corrected chi connectivity index (χ1v) is 6.72. The standard InChI is InChI=1S/C14H11FN2O2S/c1-19-14-12(16-4-5-17-14)13(18)11-6-8-2-3-9(15)7-10(8)20-11/h2-7,13,18H,1H3. The molecule has 1 aromatic carbocycles. The number of aliphatic hydroxyl groups excluding tert-OH is 1. The lowest BCUT2D eigenvalue weighted by molar-refractivity contribution is 0.211. The molecule has 3 rings (SSSR count). The Morgan fingerprint density at radius 3 is 2.85 bits per heavy atom. The van der Waals surface area contributed by atoms with E-state index < -0.39 is 6.10 Å². The first-order valence-electron chi connectivity index (χ1n) is 5.91. The number of rotatable bonds is 3. The number of thiophene rings is 1. The summed E-state index contributed by atoms with van der Waals surface area (Å²) in [6.07, 6.45) is 2.04. The molecule has 0 fully saturated rings. The van der Waals surface area contributed by atoms with Crippen LogP contribution in [0.3, 0.4) is 0 Å². The van der Waals surface area contributed by atoms with Crippen LogP contribution in [0.1, 0.15) is 16.7 Å². The molecule has 0 saturated heterocycles. The number of halogens is 1. The normalized spacial score (nSPS) is 12.6. The van der Waals surface area contributed by atoms with Gasteiger partial charge in [-0.3, -0.25) is 4.98 Å². The van der Waals surface area contributed by atoms with Gasteiger partial charge in [0.1, 0.15) is 17.6 Å². The summed E-state index contributed by atoms with van der Waals surface area (Å²) in [4.78, 5) is 8.79. The lowest BCUT2D eigenvalue weighted by atomic mass is 10.2. The van der Waals surface area contributed by atoms with E-state index in [0.717, 1.165) is 10.1 Å². The minimum absolute atomic E-state index is 0.281. The van der Waals surface area contributed by atoms with E-state index >= 15 is 0 Å². The fourth-order valence-electron chi connectivity index (χ4n) is 1.98. The quantitative estimate of drug-likeness (QED) is 0.806. The number of fused-ring (bicyclic) bond motifs is 1. The number of methoxy groups -OCH3 is 1. The zero-order valence-electron chi connectivity index (χ0n) is 10.6. The lowest BCUT2D eigenvalue weighted by Gasteiger charge is -2.10. The molecule has 0 radical (unpaired) electrons. The molecule has 2 aromatic heterocycles. The average molecular weight is 290 g/mol. The van der Waals surface area contributed by atoms with E-state index in [2.05, 4.69) is 9.97 Å². The summed E-state index contributed by atoms with van der Waals surface area (Å²) in [6.45, 7) is 0. The molecule has 0 bridgehead atoms. The SMILES string of the molecule is COc1nccnc1C(O)c1cc2ccc(F)cc2s1. The number of aliphatic hydroxyl groups is 1. The molecule has 20 heavy (non-hydrogen) atoms. The maximum absolute atomic E-state index is 13.2. The van der Waals surface area contributed by atoms with Gasteiger partial charge in [0.15, 0.2) is 0 Å². The van der Waals surface area contributed by atoms with Gasteiger partial charge in [-0.15, -0.1) is 11.3 Å². The Kier molecular flexibility index (Phi) is 3.33. The molecule has 1 unspecified atom stereocenters. The van der Waals surface area contributed by atoms with Crippen molar-refractivity contribution in [2.75, 3.05) is 7.11 Å². The molecule has 0 aliphatic carbocycles. The summed E-state index contributed by atoms with van der Waals surface area (Å²) in [5, 5.41) is 11.3. The number of hydrogen-bond acceptors (Lipinski definition) is 5. The van der Waals surface area contributed by atoms with Gasteiger partial charge in [-0.2, -0.15) is 0 Å². The van der Waals surface area contributed by atoms with Crippen LogP contribution in [0.4, 0.5) is 4.39 Å². The van der Waals surface area contributed by atoms with Crippen LogP contribution < -0.4 is 4.74 Å². The van der Waals surface area contributed by atoms with E-state index in [-0.39, 0.29) is 11.7 Å². The van der Waals surface area contributed by atoms with Crippen LogP contribution in [0.2, 0.25) is 0 Å². The number of hydrogen-bond donors (Lipinski definition) is 1. The maximum atomic E-state index is 13.2. The molecular formula is C14H11FN2O2S. The third-order valence-corrected chi connectivity index (χ3v) is 4.06. The average Bonchev–Trinajstić information content (AvgIpc) is 2.89.